The second-order valence-electron chi connectivity index (χ2n) is 5.47. The minimum Gasteiger partial charge on any atom is -0.465 e. The number of alkyl halides is 3. The molecule has 23 heavy (non-hydrogen) atoms. The van der Waals surface area contributed by atoms with Gasteiger partial charge < -0.3 is 8.92 Å². The zero-order valence-electron chi connectivity index (χ0n) is 12.4. The van der Waals surface area contributed by atoms with Crippen molar-refractivity contribution in [3.05, 3.63) is 41.0 Å². The van der Waals surface area contributed by atoms with Crippen LogP contribution in [0.4, 0.5) is 13.2 Å². The molecular formula is C14H13F3O5S. The first kappa shape index (κ1) is 17.3. The summed E-state index contributed by atoms with van der Waals surface area (Å²) in [5, 5.41) is 0. The van der Waals surface area contributed by atoms with Crippen LogP contribution in [0.25, 0.3) is 5.76 Å². The first-order chi connectivity index (χ1) is 10.4. The molecule has 1 aromatic rings. The Morgan fingerprint density at radius 2 is 1.83 bits per heavy atom. The highest BCUT2D eigenvalue weighted by Gasteiger charge is 2.50. The van der Waals surface area contributed by atoms with E-state index in [9.17, 15) is 26.4 Å². The largest absolute Gasteiger partial charge is 0.534 e. The van der Waals surface area contributed by atoms with Gasteiger partial charge in [0.25, 0.3) is 0 Å². The zero-order chi connectivity index (χ0) is 17.6. The third kappa shape index (κ3) is 3.05. The highest BCUT2D eigenvalue weighted by molar-refractivity contribution is 7.87. The van der Waals surface area contributed by atoms with Gasteiger partial charge in [-0.3, -0.25) is 0 Å². The van der Waals surface area contributed by atoms with Crippen molar-refractivity contribution in [2.45, 2.75) is 24.8 Å². The van der Waals surface area contributed by atoms with Crippen LogP contribution in [0.5, 0.6) is 0 Å². The second kappa shape index (κ2) is 5.26. The molecule has 0 aromatic heterocycles. The Hall–Kier alpha value is -2.03. The molecule has 0 atom stereocenters. The Balaban J connectivity index is 2.52. The maximum Gasteiger partial charge on any atom is 0.534 e. The Kier molecular flexibility index (Phi) is 3.96. The van der Waals surface area contributed by atoms with Crippen molar-refractivity contribution in [2.24, 2.45) is 0 Å². The Morgan fingerprint density at radius 3 is 2.35 bits per heavy atom. The van der Waals surface area contributed by atoms with E-state index in [2.05, 4.69) is 8.92 Å². The van der Waals surface area contributed by atoms with Gasteiger partial charge in [-0.15, -0.1) is 0 Å². The summed E-state index contributed by atoms with van der Waals surface area (Å²) < 4.78 is 68.7. The van der Waals surface area contributed by atoms with Gasteiger partial charge in [0, 0.05) is 11.0 Å². The van der Waals surface area contributed by atoms with Crippen LogP contribution in [0, 0.1) is 0 Å². The van der Waals surface area contributed by atoms with Crippen LogP contribution in [-0.4, -0.2) is 27.0 Å². The van der Waals surface area contributed by atoms with Gasteiger partial charge in [-0.25, -0.2) is 4.79 Å². The van der Waals surface area contributed by atoms with Gasteiger partial charge in [-0.05, 0) is 23.8 Å². The van der Waals surface area contributed by atoms with Crippen molar-refractivity contribution in [1.82, 2.24) is 0 Å². The molecule has 2 rings (SSSR count). The van der Waals surface area contributed by atoms with Gasteiger partial charge in [0.1, 0.15) is 5.76 Å². The van der Waals surface area contributed by atoms with Crippen LogP contribution in [0.3, 0.4) is 0 Å². The third-order valence-electron chi connectivity index (χ3n) is 3.38. The maximum absolute atomic E-state index is 12.5. The zero-order valence-corrected chi connectivity index (χ0v) is 13.2. The van der Waals surface area contributed by atoms with Gasteiger partial charge in [0.05, 0.1) is 12.7 Å². The number of hydrogen-bond acceptors (Lipinski definition) is 5. The molecule has 0 unspecified atom stereocenters. The molecule has 0 saturated heterocycles. The lowest BCUT2D eigenvalue weighted by atomic mass is 9.87. The number of carbonyl (C=O) groups excluding carboxylic acids is 1. The van der Waals surface area contributed by atoms with E-state index in [0.29, 0.717) is 5.56 Å². The number of methoxy groups -OCH3 is 1. The molecule has 0 saturated carbocycles. The van der Waals surface area contributed by atoms with Crippen molar-refractivity contribution in [2.75, 3.05) is 7.11 Å². The number of allylic oxidation sites excluding steroid dienone is 1. The molecule has 0 heterocycles. The molecule has 9 heteroatoms. The second-order valence-corrected chi connectivity index (χ2v) is 7.00. The molecule has 5 nitrogen and oxygen atoms in total. The number of hydrogen-bond donors (Lipinski definition) is 0. The van der Waals surface area contributed by atoms with Gasteiger partial charge in [0.15, 0.2) is 0 Å². The molecule has 0 N–H and O–H groups in total. The molecule has 0 amide bonds. The van der Waals surface area contributed by atoms with Gasteiger partial charge >= 0.3 is 21.6 Å². The number of ether oxygens (including phenoxy) is 1. The quantitative estimate of drug-likeness (QED) is 0.476. The van der Waals surface area contributed by atoms with Crippen molar-refractivity contribution in [3.63, 3.8) is 0 Å². The summed E-state index contributed by atoms with van der Waals surface area (Å²) in [6.07, 6.45) is 1.27. The van der Waals surface area contributed by atoms with E-state index in [1.165, 1.54) is 24.3 Å². The average molecular weight is 350 g/mol. The predicted molar refractivity (Wildman–Crippen MR) is 74.8 cm³/mol. The van der Waals surface area contributed by atoms with Crippen molar-refractivity contribution >= 4 is 21.8 Å². The van der Waals surface area contributed by atoms with E-state index >= 15 is 0 Å². The molecule has 1 aliphatic carbocycles. The first-order valence-corrected chi connectivity index (χ1v) is 7.77. The lowest BCUT2D eigenvalue weighted by Crippen LogP contribution is -2.24. The SMILES string of the molecule is COC(=O)c1ccc2c(c1)C(OS(=O)(=O)C(F)(F)F)=CC2(C)C. The lowest BCUT2D eigenvalue weighted by molar-refractivity contribution is -0.0509. The molecule has 0 spiro atoms. The van der Waals surface area contributed by atoms with Crippen LogP contribution in [-0.2, 0) is 24.5 Å². The van der Waals surface area contributed by atoms with Crippen LogP contribution in [0.1, 0.15) is 35.3 Å². The van der Waals surface area contributed by atoms with Crippen LogP contribution in [0.2, 0.25) is 0 Å². The average Bonchev–Trinajstić information content (AvgIpc) is 2.67. The Bertz CT molecular complexity index is 791. The Morgan fingerprint density at radius 1 is 1.22 bits per heavy atom. The maximum atomic E-state index is 12.5. The molecule has 0 aliphatic heterocycles. The van der Waals surface area contributed by atoms with Crippen molar-refractivity contribution < 1.29 is 35.3 Å². The molecule has 0 bridgehead atoms. The molecule has 1 aliphatic rings. The third-order valence-corrected chi connectivity index (χ3v) is 4.34. The summed E-state index contributed by atoms with van der Waals surface area (Å²) in [7, 11) is -4.64. The minimum atomic E-state index is -5.80. The Labute approximate surface area is 130 Å². The van der Waals surface area contributed by atoms with E-state index < -0.39 is 32.8 Å². The normalized spacial score (nSPS) is 16.5. The van der Waals surface area contributed by atoms with E-state index in [4.69, 9.17) is 0 Å². The lowest BCUT2D eigenvalue weighted by Gasteiger charge is -2.17. The van der Waals surface area contributed by atoms with Crippen LogP contribution >= 0.6 is 0 Å². The highest BCUT2D eigenvalue weighted by Crippen LogP contribution is 2.43. The standard InChI is InChI=1S/C14H13F3O5S/c1-13(2)7-11(22-23(19,20)14(15,16)17)9-6-8(12(18)21-3)4-5-10(9)13/h4-7H,1-3H3. The highest BCUT2D eigenvalue weighted by atomic mass is 32.2. The van der Waals surface area contributed by atoms with Crippen LogP contribution in [0.15, 0.2) is 24.3 Å². The van der Waals surface area contributed by atoms with Crippen molar-refractivity contribution in [3.8, 4) is 0 Å². The molecule has 126 valence electrons. The number of rotatable bonds is 3. The topological polar surface area (TPSA) is 69.7 Å². The number of esters is 1. The van der Waals surface area contributed by atoms with E-state index in [-0.39, 0.29) is 11.1 Å². The number of carbonyl (C=O) groups is 1. The van der Waals surface area contributed by atoms with E-state index in [0.717, 1.165) is 7.11 Å². The van der Waals surface area contributed by atoms with Gasteiger partial charge in [0.2, 0.25) is 0 Å². The molecule has 1 aromatic carbocycles. The van der Waals surface area contributed by atoms with Gasteiger partial charge in [-0.1, -0.05) is 19.9 Å². The number of halogens is 3. The smallest absolute Gasteiger partial charge is 0.465 e. The fraction of sp³-hybridized carbons (Fsp3) is 0.357. The summed E-state index contributed by atoms with van der Waals surface area (Å²) in [6, 6.07) is 4.21. The molecular weight excluding hydrogens is 337 g/mol. The number of fused-ring (bicyclic) bond motifs is 1. The summed E-state index contributed by atoms with van der Waals surface area (Å²) in [6.45, 7) is 3.36. The number of benzene rings is 1. The predicted octanol–water partition coefficient (Wildman–Crippen LogP) is 2.97. The molecule has 0 radical (unpaired) electrons. The first-order valence-electron chi connectivity index (χ1n) is 6.36. The van der Waals surface area contributed by atoms with Crippen LogP contribution < -0.4 is 0 Å². The van der Waals surface area contributed by atoms with Crippen molar-refractivity contribution in [1.29, 1.82) is 0 Å². The molecule has 0 fully saturated rings. The van der Waals surface area contributed by atoms with E-state index in [1.807, 2.05) is 0 Å². The van der Waals surface area contributed by atoms with E-state index in [1.54, 1.807) is 13.8 Å². The minimum absolute atomic E-state index is 0.0721. The monoisotopic (exact) mass is 350 g/mol. The summed E-state index contributed by atoms with van der Waals surface area (Å²) in [4.78, 5) is 11.5. The summed E-state index contributed by atoms with van der Waals surface area (Å²) in [5.41, 5.74) is -5.58. The summed E-state index contributed by atoms with van der Waals surface area (Å²) >= 11 is 0. The fourth-order valence-electron chi connectivity index (χ4n) is 2.27. The summed E-state index contributed by atoms with van der Waals surface area (Å²) in [5.74, 6) is -1.16. The van der Waals surface area contributed by atoms with Gasteiger partial charge in [-0.2, -0.15) is 21.6 Å². The fourth-order valence-corrected chi connectivity index (χ4v) is 2.74.